The van der Waals surface area contributed by atoms with Gasteiger partial charge in [-0.25, -0.2) is 0 Å². The van der Waals surface area contributed by atoms with Crippen LogP contribution in [-0.4, -0.2) is 44.8 Å². The van der Waals surface area contributed by atoms with Crippen LogP contribution < -0.4 is 14.8 Å². The van der Waals surface area contributed by atoms with Gasteiger partial charge in [-0.2, -0.15) is 0 Å². The van der Waals surface area contributed by atoms with Crippen molar-refractivity contribution in [3.05, 3.63) is 44.6 Å². The zero-order valence-corrected chi connectivity index (χ0v) is 16.5. The van der Waals surface area contributed by atoms with E-state index in [0.29, 0.717) is 6.61 Å². The first kappa shape index (κ1) is 17.7. The molecule has 1 aromatic carbocycles. The third-order valence-corrected chi connectivity index (χ3v) is 5.86. The Bertz CT molecular complexity index is 671. The Kier molecular flexibility index (Phi) is 6.16. The summed E-state index contributed by atoms with van der Waals surface area (Å²) in [5, 5.41) is 3.43. The minimum absolute atomic E-state index is 0.243. The summed E-state index contributed by atoms with van der Waals surface area (Å²) in [5.74, 6) is 1.60. The standard InChI is InChI=1S/C18H23BrN2O2S/c1-3-23-14-5-4-13(12-15(14)22-2)18(16-6-7-17(19)24-16)21-10-8-20-9-11-21/h4-7,12,18,20H,3,8-11H2,1-2H3. The van der Waals surface area contributed by atoms with Crippen molar-refractivity contribution < 1.29 is 9.47 Å². The number of nitrogens with zero attached hydrogens (tertiary/aromatic N) is 1. The lowest BCUT2D eigenvalue weighted by molar-refractivity contribution is 0.200. The zero-order valence-electron chi connectivity index (χ0n) is 14.0. The van der Waals surface area contributed by atoms with Crippen LogP contribution in [-0.2, 0) is 0 Å². The number of thiophene rings is 1. The quantitative estimate of drug-likeness (QED) is 0.782. The van der Waals surface area contributed by atoms with Gasteiger partial charge in [0.15, 0.2) is 11.5 Å². The van der Waals surface area contributed by atoms with Crippen LogP contribution in [0, 0.1) is 0 Å². The number of nitrogens with one attached hydrogen (secondary N) is 1. The van der Waals surface area contributed by atoms with Crippen molar-refractivity contribution >= 4 is 27.3 Å². The molecule has 130 valence electrons. The van der Waals surface area contributed by atoms with Crippen molar-refractivity contribution in [3.63, 3.8) is 0 Å². The Morgan fingerprint density at radius 2 is 2.00 bits per heavy atom. The fourth-order valence-corrected chi connectivity index (χ4v) is 4.69. The fourth-order valence-electron chi connectivity index (χ4n) is 3.10. The number of benzene rings is 1. The van der Waals surface area contributed by atoms with Gasteiger partial charge in [-0.15, -0.1) is 11.3 Å². The van der Waals surface area contributed by atoms with Gasteiger partial charge in [0, 0.05) is 31.1 Å². The van der Waals surface area contributed by atoms with Gasteiger partial charge in [0.05, 0.1) is 23.5 Å². The molecule has 1 atom stereocenters. The van der Waals surface area contributed by atoms with Crippen LogP contribution in [0.25, 0.3) is 0 Å². The predicted octanol–water partition coefficient (Wildman–Crippen LogP) is 3.91. The van der Waals surface area contributed by atoms with Gasteiger partial charge >= 0.3 is 0 Å². The van der Waals surface area contributed by atoms with Gasteiger partial charge in [0.1, 0.15) is 0 Å². The van der Waals surface area contributed by atoms with E-state index in [2.05, 4.69) is 50.4 Å². The van der Waals surface area contributed by atoms with E-state index in [0.717, 1.165) is 41.5 Å². The van der Waals surface area contributed by atoms with E-state index in [1.165, 1.54) is 10.4 Å². The predicted molar refractivity (Wildman–Crippen MR) is 102 cm³/mol. The lowest BCUT2D eigenvalue weighted by Crippen LogP contribution is -2.45. The molecule has 0 saturated carbocycles. The number of hydrogen-bond acceptors (Lipinski definition) is 5. The van der Waals surface area contributed by atoms with E-state index >= 15 is 0 Å². The molecule has 24 heavy (non-hydrogen) atoms. The molecular formula is C18H23BrN2O2S. The number of hydrogen-bond donors (Lipinski definition) is 1. The van der Waals surface area contributed by atoms with Gasteiger partial charge < -0.3 is 14.8 Å². The molecule has 0 spiro atoms. The Morgan fingerprint density at radius 3 is 2.62 bits per heavy atom. The molecule has 0 aliphatic carbocycles. The normalized spacial score (nSPS) is 16.8. The van der Waals surface area contributed by atoms with E-state index in [1.807, 2.05) is 13.0 Å². The Hall–Kier alpha value is -1.08. The summed E-state index contributed by atoms with van der Waals surface area (Å²) in [4.78, 5) is 3.87. The van der Waals surface area contributed by atoms with Gasteiger partial charge in [0.2, 0.25) is 0 Å². The molecule has 3 rings (SSSR count). The number of methoxy groups -OCH3 is 1. The van der Waals surface area contributed by atoms with Crippen LogP contribution in [0.15, 0.2) is 34.1 Å². The van der Waals surface area contributed by atoms with E-state index in [-0.39, 0.29) is 6.04 Å². The molecule has 1 aromatic heterocycles. The monoisotopic (exact) mass is 410 g/mol. The molecule has 2 heterocycles. The van der Waals surface area contributed by atoms with Crippen molar-refractivity contribution in [2.24, 2.45) is 0 Å². The van der Waals surface area contributed by atoms with Crippen LogP contribution >= 0.6 is 27.3 Å². The average Bonchev–Trinajstić information content (AvgIpc) is 3.03. The number of rotatable bonds is 6. The van der Waals surface area contributed by atoms with Crippen LogP contribution in [0.2, 0.25) is 0 Å². The first-order chi connectivity index (χ1) is 11.7. The summed E-state index contributed by atoms with van der Waals surface area (Å²) in [5.41, 5.74) is 1.24. The summed E-state index contributed by atoms with van der Waals surface area (Å²) >= 11 is 5.40. The SMILES string of the molecule is CCOc1ccc(C(c2ccc(Br)s2)N2CCNCC2)cc1OC. The molecule has 0 bridgehead atoms. The van der Waals surface area contributed by atoms with Crippen molar-refractivity contribution in [1.82, 2.24) is 10.2 Å². The molecule has 1 saturated heterocycles. The Balaban J connectivity index is 1.98. The number of halogens is 1. The van der Waals surface area contributed by atoms with Crippen molar-refractivity contribution in [2.45, 2.75) is 13.0 Å². The third kappa shape index (κ3) is 3.94. The molecule has 0 radical (unpaired) electrons. The Labute approximate surface area is 155 Å². The summed E-state index contributed by atoms with van der Waals surface area (Å²) in [6.07, 6.45) is 0. The minimum Gasteiger partial charge on any atom is -0.493 e. The summed E-state index contributed by atoms with van der Waals surface area (Å²) in [6.45, 7) is 6.74. The lowest BCUT2D eigenvalue weighted by atomic mass is 10.0. The number of piperazine rings is 1. The highest BCUT2D eigenvalue weighted by Crippen LogP contribution is 2.38. The second-order valence-electron chi connectivity index (χ2n) is 5.67. The highest BCUT2D eigenvalue weighted by atomic mass is 79.9. The smallest absolute Gasteiger partial charge is 0.161 e. The molecule has 1 aliphatic rings. The zero-order chi connectivity index (χ0) is 16.9. The van der Waals surface area contributed by atoms with Gasteiger partial charge in [-0.3, -0.25) is 4.90 Å². The second kappa shape index (κ2) is 8.34. The first-order valence-electron chi connectivity index (χ1n) is 8.23. The first-order valence-corrected chi connectivity index (χ1v) is 9.84. The topological polar surface area (TPSA) is 33.7 Å². The van der Waals surface area contributed by atoms with Crippen LogP contribution in [0.5, 0.6) is 11.5 Å². The van der Waals surface area contributed by atoms with Gasteiger partial charge in [0.25, 0.3) is 0 Å². The van der Waals surface area contributed by atoms with Crippen LogP contribution in [0.3, 0.4) is 0 Å². The van der Waals surface area contributed by atoms with Crippen molar-refractivity contribution in [3.8, 4) is 11.5 Å². The minimum atomic E-state index is 0.243. The van der Waals surface area contributed by atoms with E-state index < -0.39 is 0 Å². The summed E-state index contributed by atoms with van der Waals surface area (Å²) in [6, 6.07) is 10.9. The fraction of sp³-hybridized carbons (Fsp3) is 0.444. The maximum absolute atomic E-state index is 5.66. The van der Waals surface area contributed by atoms with Crippen molar-refractivity contribution in [2.75, 3.05) is 39.9 Å². The van der Waals surface area contributed by atoms with Crippen LogP contribution in [0.1, 0.15) is 23.4 Å². The Morgan fingerprint density at radius 1 is 1.21 bits per heavy atom. The molecule has 4 nitrogen and oxygen atoms in total. The second-order valence-corrected chi connectivity index (χ2v) is 8.17. The molecule has 1 unspecified atom stereocenters. The van der Waals surface area contributed by atoms with E-state index in [1.54, 1.807) is 18.4 Å². The summed E-state index contributed by atoms with van der Waals surface area (Å²) in [7, 11) is 1.70. The molecule has 6 heteroatoms. The highest BCUT2D eigenvalue weighted by molar-refractivity contribution is 9.11. The maximum Gasteiger partial charge on any atom is 0.161 e. The highest BCUT2D eigenvalue weighted by Gasteiger charge is 2.26. The number of ether oxygens (including phenoxy) is 2. The molecule has 2 aromatic rings. The average molecular weight is 411 g/mol. The van der Waals surface area contributed by atoms with Gasteiger partial charge in [-0.1, -0.05) is 6.07 Å². The molecule has 1 fully saturated rings. The molecular weight excluding hydrogens is 388 g/mol. The van der Waals surface area contributed by atoms with Crippen LogP contribution in [0.4, 0.5) is 0 Å². The molecule has 1 N–H and O–H groups in total. The lowest BCUT2D eigenvalue weighted by Gasteiger charge is -2.35. The largest absolute Gasteiger partial charge is 0.493 e. The van der Waals surface area contributed by atoms with E-state index in [9.17, 15) is 0 Å². The van der Waals surface area contributed by atoms with E-state index in [4.69, 9.17) is 9.47 Å². The molecule has 1 aliphatic heterocycles. The molecule has 0 amide bonds. The van der Waals surface area contributed by atoms with Crippen molar-refractivity contribution in [1.29, 1.82) is 0 Å². The van der Waals surface area contributed by atoms with Gasteiger partial charge in [-0.05, 0) is 52.7 Å². The third-order valence-electron chi connectivity index (χ3n) is 4.18. The maximum atomic E-state index is 5.66. The summed E-state index contributed by atoms with van der Waals surface area (Å²) < 4.78 is 12.4.